The minimum absolute atomic E-state index is 0.0265. The summed E-state index contributed by atoms with van der Waals surface area (Å²) in [6, 6.07) is 10.9. The Hall–Kier alpha value is -2.65. The minimum atomic E-state index is -3.86. The van der Waals surface area contributed by atoms with E-state index in [9.17, 15) is 18.5 Å². The molecule has 152 valence electrons. The molecule has 0 heterocycles. The third kappa shape index (κ3) is 6.21. The average molecular weight is 408 g/mol. The van der Waals surface area contributed by atoms with E-state index in [-0.39, 0.29) is 23.7 Å². The number of nitrogens with zero attached hydrogens (tertiary/aromatic N) is 1. The second-order valence-corrected chi connectivity index (χ2v) is 7.89. The fourth-order valence-corrected chi connectivity index (χ4v) is 3.38. The van der Waals surface area contributed by atoms with Crippen LogP contribution in [0.15, 0.2) is 47.4 Å². The number of nitro benzene ring substituents is 1. The van der Waals surface area contributed by atoms with Crippen molar-refractivity contribution in [3.8, 4) is 11.5 Å². The van der Waals surface area contributed by atoms with Gasteiger partial charge in [-0.3, -0.25) is 10.1 Å². The Kier molecular flexibility index (Phi) is 7.77. The third-order valence-electron chi connectivity index (χ3n) is 3.94. The lowest BCUT2D eigenvalue weighted by atomic mass is 10.2. The fourth-order valence-electron chi connectivity index (χ4n) is 2.35. The van der Waals surface area contributed by atoms with Crippen LogP contribution in [0.3, 0.4) is 0 Å². The highest BCUT2D eigenvalue weighted by Gasteiger charge is 2.19. The summed E-state index contributed by atoms with van der Waals surface area (Å²) in [5, 5.41) is 11.0. The Morgan fingerprint density at radius 1 is 1.04 bits per heavy atom. The summed E-state index contributed by atoms with van der Waals surface area (Å²) in [6.07, 6.45) is 2.05. The fraction of sp³-hybridized carbons (Fsp3) is 0.368. The van der Waals surface area contributed by atoms with Gasteiger partial charge in [-0.05, 0) is 43.7 Å². The molecule has 9 heteroatoms. The van der Waals surface area contributed by atoms with Crippen molar-refractivity contribution in [3.63, 3.8) is 0 Å². The molecule has 0 saturated heterocycles. The SMILES string of the molecule is CCCCOc1ccc(OCCNS(=O)(=O)c2ccc(C)c([N+](=O)[O-])c2)cc1. The normalized spacial score (nSPS) is 11.2. The number of rotatable bonds is 11. The Balaban J connectivity index is 1.85. The van der Waals surface area contributed by atoms with Gasteiger partial charge in [-0.25, -0.2) is 13.1 Å². The lowest BCUT2D eigenvalue weighted by Crippen LogP contribution is -2.28. The van der Waals surface area contributed by atoms with Gasteiger partial charge in [0.1, 0.15) is 18.1 Å². The van der Waals surface area contributed by atoms with Gasteiger partial charge in [0, 0.05) is 18.2 Å². The number of unbranched alkanes of at least 4 members (excludes halogenated alkanes) is 1. The predicted octanol–water partition coefficient (Wildman–Crippen LogP) is 3.44. The van der Waals surface area contributed by atoms with E-state index < -0.39 is 14.9 Å². The van der Waals surface area contributed by atoms with Crippen molar-refractivity contribution < 1.29 is 22.8 Å². The van der Waals surface area contributed by atoms with Crippen LogP contribution in [0, 0.1) is 17.0 Å². The zero-order valence-electron chi connectivity index (χ0n) is 15.9. The first-order chi connectivity index (χ1) is 13.3. The van der Waals surface area contributed by atoms with E-state index in [4.69, 9.17) is 9.47 Å². The Morgan fingerprint density at radius 3 is 2.21 bits per heavy atom. The molecule has 2 rings (SSSR count). The maximum atomic E-state index is 12.3. The molecule has 0 atom stereocenters. The van der Waals surface area contributed by atoms with E-state index in [0.29, 0.717) is 17.9 Å². The highest BCUT2D eigenvalue weighted by Crippen LogP contribution is 2.22. The molecule has 1 N–H and O–H groups in total. The standard InChI is InChI=1S/C19H24N2O6S/c1-3-4-12-26-16-6-8-17(9-7-16)27-13-11-20-28(24,25)18-10-5-15(2)19(14-18)21(22)23/h5-10,14,20H,3-4,11-13H2,1-2H3. The van der Waals surface area contributed by atoms with Gasteiger partial charge in [0.15, 0.2) is 0 Å². The molecule has 0 saturated carbocycles. The summed E-state index contributed by atoms with van der Waals surface area (Å²) in [5.74, 6) is 1.34. The van der Waals surface area contributed by atoms with E-state index in [1.807, 2.05) is 0 Å². The minimum Gasteiger partial charge on any atom is -0.494 e. The molecule has 0 aromatic heterocycles. The number of nitro groups is 1. The van der Waals surface area contributed by atoms with Gasteiger partial charge in [0.2, 0.25) is 10.0 Å². The van der Waals surface area contributed by atoms with E-state index in [2.05, 4.69) is 11.6 Å². The van der Waals surface area contributed by atoms with Crippen LogP contribution in [0.1, 0.15) is 25.3 Å². The van der Waals surface area contributed by atoms with Crippen LogP contribution in [0.25, 0.3) is 0 Å². The summed E-state index contributed by atoms with van der Waals surface area (Å²) >= 11 is 0. The molecular formula is C19H24N2O6S. The molecule has 0 aliphatic rings. The summed E-state index contributed by atoms with van der Waals surface area (Å²) < 4.78 is 38.0. The van der Waals surface area contributed by atoms with Crippen molar-refractivity contribution in [3.05, 3.63) is 58.1 Å². The number of ether oxygens (including phenoxy) is 2. The van der Waals surface area contributed by atoms with Crippen LogP contribution >= 0.6 is 0 Å². The molecule has 0 aliphatic carbocycles. The molecule has 2 aromatic carbocycles. The first-order valence-electron chi connectivity index (χ1n) is 8.94. The summed E-state index contributed by atoms with van der Waals surface area (Å²) in [5.41, 5.74) is 0.162. The van der Waals surface area contributed by atoms with Crippen LogP contribution in [-0.2, 0) is 10.0 Å². The number of hydrogen-bond donors (Lipinski definition) is 1. The van der Waals surface area contributed by atoms with E-state index >= 15 is 0 Å². The zero-order chi connectivity index (χ0) is 20.6. The molecule has 0 fully saturated rings. The number of hydrogen-bond acceptors (Lipinski definition) is 6. The van der Waals surface area contributed by atoms with Crippen molar-refractivity contribution in [1.82, 2.24) is 4.72 Å². The van der Waals surface area contributed by atoms with E-state index in [0.717, 1.165) is 24.7 Å². The van der Waals surface area contributed by atoms with Crippen molar-refractivity contribution in [2.24, 2.45) is 0 Å². The van der Waals surface area contributed by atoms with E-state index in [1.54, 1.807) is 31.2 Å². The second-order valence-electron chi connectivity index (χ2n) is 6.13. The lowest BCUT2D eigenvalue weighted by molar-refractivity contribution is -0.385. The van der Waals surface area contributed by atoms with Crippen molar-refractivity contribution in [2.75, 3.05) is 19.8 Å². The average Bonchev–Trinajstić information content (AvgIpc) is 2.66. The number of sulfonamides is 1. The molecule has 2 aromatic rings. The number of aryl methyl sites for hydroxylation is 1. The van der Waals surface area contributed by atoms with Gasteiger partial charge in [0.05, 0.1) is 16.4 Å². The van der Waals surface area contributed by atoms with Crippen molar-refractivity contribution >= 4 is 15.7 Å². The van der Waals surface area contributed by atoms with Gasteiger partial charge in [-0.2, -0.15) is 0 Å². The largest absolute Gasteiger partial charge is 0.494 e. The lowest BCUT2D eigenvalue weighted by Gasteiger charge is -2.10. The van der Waals surface area contributed by atoms with Crippen LogP contribution in [-0.4, -0.2) is 33.1 Å². The Labute approximate surface area is 164 Å². The monoisotopic (exact) mass is 408 g/mol. The molecule has 0 aliphatic heterocycles. The number of benzene rings is 2. The number of nitrogens with one attached hydrogen (secondary N) is 1. The molecule has 0 unspecified atom stereocenters. The Morgan fingerprint density at radius 2 is 1.64 bits per heavy atom. The Bertz CT molecular complexity index is 897. The first-order valence-corrected chi connectivity index (χ1v) is 10.4. The molecular weight excluding hydrogens is 384 g/mol. The highest BCUT2D eigenvalue weighted by atomic mass is 32.2. The molecule has 0 amide bonds. The maximum Gasteiger partial charge on any atom is 0.273 e. The van der Waals surface area contributed by atoms with Crippen LogP contribution in [0.5, 0.6) is 11.5 Å². The predicted molar refractivity (Wildman–Crippen MR) is 105 cm³/mol. The highest BCUT2D eigenvalue weighted by molar-refractivity contribution is 7.89. The van der Waals surface area contributed by atoms with Gasteiger partial charge < -0.3 is 9.47 Å². The second kappa shape index (κ2) is 10.0. The summed E-state index contributed by atoms with van der Waals surface area (Å²) in [4.78, 5) is 10.2. The van der Waals surface area contributed by atoms with Gasteiger partial charge in [0.25, 0.3) is 5.69 Å². The van der Waals surface area contributed by atoms with Crippen LogP contribution < -0.4 is 14.2 Å². The van der Waals surface area contributed by atoms with Gasteiger partial charge in [-0.15, -0.1) is 0 Å². The smallest absolute Gasteiger partial charge is 0.273 e. The van der Waals surface area contributed by atoms with Gasteiger partial charge in [-0.1, -0.05) is 19.4 Å². The van der Waals surface area contributed by atoms with Gasteiger partial charge >= 0.3 is 0 Å². The maximum absolute atomic E-state index is 12.3. The van der Waals surface area contributed by atoms with Crippen molar-refractivity contribution in [1.29, 1.82) is 0 Å². The molecule has 0 spiro atoms. The van der Waals surface area contributed by atoms with Crippen LogP contribution in [0.2, 0.25) is 0 Å². The molecule has 0 radical (unpaired) electrons. The summed E-state index contributed by atoms with van der Waals surface area (Å²) in [7, 11) is -3.86. The third-order valence-corrected chi connectivity index (χ3v) is 5.40. The molecule has 8 nitrogen and oxygen atoms in total. The summed E-state index contributed by atoms with van der Waals surface area (Å²) in [6.45, 7) is 4.45. The van der Waals surface area contributed by atoms with E-state index in [1.165, 1.54) is 12.1 Å². The zero-order valence-corrected chi connectivity index (χ0v) is 16.7. The quantitative estimate of drug-likeness (QED) is 0.347. The van der Waals surface area contributed by atoms with Crippen LogP contribution in [0.4, 0.5) is 5.69 Å². The first kappa shape index (κ1) is 21.6. The molecule has 0 bridgehead atoms. The topological polar surface area (TPSA) is 108 Å². The molecule has 28 heavy (non-hydrogen) atoms. The van der Waals surface area contributed by atoms with Crippen molar-refractivity contribution in [2.45, 2.75) is 31.6 Å².